The van der Waals surface area contributed by atoms with Crippen molar-refractivity contribution in [1.29, 1.82) is 0 Å². The quantitative estimate of drug-likeness (QED) is 0.619. The van der Waals surface area contributed by atoms with Crippen LogP contribution >= 0.6 is 38.6 Å². The fourth-order valence-corrected chi connectivity index (χ4v) is 3.82. The topological polar surface area (TPSA) is 22.1 Å². The Labute approximate surface area is 128 Å². The van der Waals surface area contributed by atoms with Crippen molar-refractivity contribution in [2.45, 2.75) is 6.42 Å². The molecule has 3 aromatic rings. The molecule has 3 rings (SSSR count). The molecule has 5 heteroatoms. The third kappa shape index (κ3) is 3.16. The van der Waals surface area contributed by atoms with Crippen LogP contribution < -0.4 is 4.74 Å². The summed E-state index contributed by atoms with van der Waals surface area (Å²) in [5, 5.41) is 4.11. The number of halogens is 1. The Morgan fingerprint density at radius 3 is 3.00 bits per heavy atom. The molecule has 19 heavy (non-hydrogen) atoms. The summed E-state index contributed by atoms with van der Waals surface area (Å²) in [6.07, 6.45) is 0.925. The van der Waals surface area contributed by atoms with Crippen LogP contribution in [0, 0.1) is 0 Å². The number of ether oxygens (including phenoxy) is 1. The monoisotopic (exact) mass is 353 g/mol. The van der Waals surface area contributed by atoms with E-state index in [-0.39, 0.29) is 0 Å². The summed E-state index contributed by atoms with van der Waals surface area (Å²) in [6, 6.07) is 10.3. The number of aromatic nitrogens is 1. The standard InChI is InChI=1S/C14H12BrNOS2/c15-5-6-17-10-3-4-12-13(8-10)19-14(16-12)9-11-2-1-7-18-11/h1-4,7-8H,5-6,9H2. The molecule has 0 saturated carbocycles. The van der Waals surface area contributed by atoms with E-state index in [0.29, 0.717) is 6.61 Å². The van der Waals surface area contributed by atoms with E-state index in [4.69, 9.17) is 4.74 Å². The van der Waals surface area contributed by atoms with Gasteiger partial charge in [-0.05, 0) is 29.6 Å². The lowest BCUT2D eigenvalue weighted by Crippen LogP contribution is -1.96. The molecule has 0 bridgehead atoms. The Hall–Kier alpha value is -0.910. The van der Waals surface area contributed by atoms with Gasteiger partial charge in [0.1, 0.15) is 5.75 Å². The van der Waals surface area contributed by atoms with Crippen LogP contribution in [0.4, 0.5) is 0 Å². The van der Waals surface area contributed by atoms with Gasteiger partial charge in [-0.1, -0.05) is 22.0 Å². The van der Waals surface area contributed by atoms with Crippen LogP contribution in [-0.4, -0.2) is 16.9 Å². The van der Waals surface area contributed by atoms with Gasteiger partial charge in [0.25, 0.3) is 0 Å². The van der Waals surface area contributed by atoms with Gasteiger partial charge in [-0.15, -0.1) is 22.7 Å². The molecule has 0 spiro atoms. The molecular weight excluding hydrogens is 342 g/mol. The number of thiazole rings is 1. The smallest absolute Gasteiger partial charge is 0.120 e. The zero-order valence-electron chi connectivity index (χ0n) is 10.1. The normalized spacial score (nSPS) is 11.0. The molecule has 0 aliphatic rings. The van der Waals surface area contributed by atoms with Crippen molar-refractivity contribution in [3.05, 3.63) is 45.6 Å². The van der Waals surface area contributed by atoms with Crippen molar-refractivity contribution in [3.8, 4) is 5.75 Å². The fraction of sp³-hybridized carbons (Fsp3) is 0.214. The van der Waals surface area contributed by atoms with Crippen LogP contribution in [-0.2, 0) is 6.42 Å². The fourth-order valence-electron chi connectivity index (χ4n) is 1.84. The highest BCUT2D eigenvalue weighted by molar-refractivity contribution is 9.09. The molecule has 0 aliphatic carbocycles. The maximum atomic E-state index is 5.61. The van der Waals surface area contributed by atoms with Crippen LogP contribution in [0.5, 0.6) is 5.75 Å². The molecule has 0 N–H and O–H groups in total. The van der Waals surface area contributed by atoms with Gasteiger partial charge in [-0.2, -0.15) is 0 Å². The van der Waals surface area contributed by atoms with Crippen molar-refractivity contribution in [3.63, 3.8) is 0 Å². The van der Waals surface area contributed by atoms with Crippen molar-refractivity contribution in [2.75, 3.05) is 11.9 Å². The zero-order chi connectivity index (χ0) is 13.1. The molecule has 98 valence electrons. The van der Waals surface area contributed by atoms with Gasteiger partial charge in [0.2, 0.25) is 0 Å². The highest BCUT2D eigenvalue weighted by Crippen LogP contribution is 2.28. The summed E-state index contributed by atoms with van der Waals surface area (Å²) in [6.45, 7) is 0.687. The minimum atomic E-state index is 0.687. The number of benzene rings is 1. The lowest BCUT2D eigenvalue weighted by atomic mass is 10.3. The van der Waals surface area contributed by atoms with Gasteiger partial charge in [0.15, 0.2) is 0 Å². The number of alkyl halides is 1. The maximum Gasteiger partial charge on any atom is 0.120 e. The molecule has 0 fully saturated rings. The van der Waals surface area contributed by atoms with E-state index in [2.05, 4.69) is 44.5 Å². The predicted octanol–water partition coefficient (Wildman–Crippen LogP) is 4.72. The lowest BCUT2D eigenvalue weighted by Gasteiger charge is -2.02. The van der Waals surface area contributed by atoms with Gasteiger partial charge in [0, 0.05) is 16.6 Å². The van der Waals surface area contributed by atoms with E-state index >= 15 is 0 Å². The predicted molar refractivity (Wildman–Crippen MR) is 86.0 cm³/mol. The molecule has 2 aromatic heterocycles. The molecular formula is C14H12BrNOS2. The minimum Gasteiger partial charge on any atom is -0.493 e. The van der Waals surface area contributed by atoms with E-state index in [0.717, 1.165) is 28.0 Å². The van der Waals surface area contributed by atoms with E-state index in [1.165, 1.54) is 9.58 Å². The first-order valence-corrected chi connectivity index (χ1v) is 8.77. The van der Waals surface area contributed by atoms with Gasteiger partial charge in [0.05, 0.1) is 21.8 Å². The maximum absolute atomic E-state index is 5.61. The summed E-state index contributed by atoms with van der Waals surface area (Å²) in [5.41, 5.74) is 1.06. The van der Waals surface area contributed by atoms with Crippen LogP contribution in [0.2, 0.25) is 0 Å². The molecule has 1 aromatic carbocycles. The van der Waals surface area contributed by atoms with Crippen LogP contribution in [0.15, 0.2) is 35.7 Å². The molecule has 2 nitrogen and oxygen atoms in total. The number of thiophene rings is 1. The summed E-state index contributed by atoms with van der Waals surface area (Å²) in [5.74, 6) is 0.915. The lowest BCUT2D eigenvalue weighted by molar-refractivity contribution is 0.345. The highest BCUT2D eigenvalue weighted by Gasteiger charge is 2.06. The zero-order valence-corrected chi connectivity index (χ0v) is 13.4. The third-order valence-electron chi connectivity index (χ3n) is 2.66. The molecule has 0 amide bonds. The molecule has 0 saturated heterocycles. The molecule has 0 aliphatic heterocycles. The van der Waals surface area contributed by atoms with Crippen molar-refractivity contribution in [1.82, 2.24) is 4.98 Å². The first-order chi connectivity index (χ1) is 9.35. The van der Waals surface area contributed by atoms with E-state index in [1.54, 1.807) is 22.7 Å². The largest absolute Gasteiger partial charge is 0.493 e. The first-order valence-electron chi connectivity index (χ1n) is 5.96. The number of nitrogens with zero attached hydrogens (tertiary/aromatic N) is 1. The second-order valence-electron chi connectivity index (χ2n) is 4.03. The van der Waals surface area contributed by atoms with Crippen LogP contribution in [0.1, 0.15) is 9.88 Å². The molecule has 0 unspecified atom stereocenters. The highest BCUT2D eigenvalue weighted by atomic mass is 79.9. The van der Waals surface area contributed by atoms with Crippen molar-refractivity contribution in [2.24, 2.45) is 0 Å². The average molecular weight is 354 g/mol. The van der Waals surface area contributed by atoms with E-state index < -0.39 is 0 Å². The summed E-state index contributed by atoms with van der Waals surface area (Å²) in [7, 11) is 0. The number of hydrogen-bond acceptors (Lipinski definition) is 4. The Balaban J connectivity index is 1.84. The SMILES string of the molecule is BrCCOc1ccc2nc(Cc3cccs3)sc2c1. The number of fused-ring (bicyclic) bond motifs is 1. The van der Waals surface area contributed by atoms with E-state index in [1.807, 2.05) is 12.1 Å². The Bertz CT molecular complexity index is 663. The van der Waals surface area contributed by atoms with Crippen molar-refractivity contribution < 1.29 is 4.74 Å². The van der Waals surface area contributed by atoms with Crippen LogP contribution in [0.25, 0.3) is 10.2 Å². The van der Waals surface area contributed by atoms with E-state index in [9.17, 15) is 0 Å². The first kappa shape index (κ1) is 13.1. The second-order valence-corrected chi connectivity index (χ2v) is 6.97. The minimum absolute atomic E-state index is 0.687. The molecule has 0 atom stereocenters. The van der Waals surface area contributed by atoms with Gasteiger partial charge in [-0.25, -0.2) is 4.98 Å². The van der Waals surface area contributed by atoms with Crippen molar-refractivity contribution >= 4 is 48.8 Å². The summed E-state index contributed by atoms with van der Waals surface area (Å²) >= 11 is 6.89. The Kier molecular flexibility index (Phi) is 4.15. The molecule has 2 heterocycles. The van der Waals surface area contributed by atoms with Gasteiger partial charge in [-0.3, -0.25) is 0 Å². The Morgan fingerprint density at radius 2 is 2.21 bits per heavy atom. The Morgan fingerprint density at radius 1 is 1.26 bits per heavy atom. The molecule has 0 radical (unpaired) electrons. The van der Waals surface area contributed by atoms with Gasteiger partial charge < -0.3 is 4.74 Å². The number of hydrogen-bond donors (Lipinski definition) is 0. The second kappa shape index (κ2) is 6.03. The van der Waals surface area contributed by atoms with Crippen LogP contribution in [0.3, 0.4) is 0 Å². The van der Waals surface area contributed by atoms with Gasteiger partial charge >= 0.3 is 0 Å². The number of rotatable bonds is 5. The summed E-state index contributed by atoms with van der Waals surface area (Å²) in [4.78, 5) is 6.03. The summed E-state index contributed by atoms with van der Waals surface area (Å²) < 4.78 is 6.81. The average Bonchev–Trinajstić information content (AvgIpc) is 3.04. The third-order valence-corrected chi connectivity index (χ3v) is 4.87.